The van der Waals surface area contributed by atoms with E-state index in [0.717, 1.165) is 0 Å². The van der Waals surface area contributed by atoms with Crippen LogP contribution in [0.15, 0.2) is 109 Å². The number of fused-ring (bicyclic) bond motifs is 9. The van der Waals surface area contributed by atoms with E-state index in [2.05, 4.69) is 149 Å². The van der Waals surface area contributed by atoms with Gasteiger partial charge >= 0.3 is 0 Å². The quantitative estimate of drug-likeness (QED) is 0.201. The van der Waals surface area contributed by atoms with E-state index in [1.165, 1.54) is 83.2 Å². The molecule has 7 rings (SSSR count). The molecule has 0 radical (unpaired) electrons. The van der Waals surface area contributed by atoms with Gasteiger partial charge in [0.05, 0.1) is 10.9 Å². The Kier molecular flexibility index (Phi) is 5.71. The molecule has 6 aromatic rings. The third-order valence-corrected chi connectivity index (χ3v) is 8.83. The number of benzene rings is 5. The lowest BCUT2D eigenvalue weighted by Crippen LogP contribution is -2.31. The molecule has 1 nitrogen and oxygen atoms in total. The van der Waals surface area contributed by atoms with Crippen molar-refractivity contribution in [2.45, 2.75) is 33.6 Å². The largest absolute Gasteiger partial charge is 0.221 e. The van der Waals surface area contributed by atoms with Crippen molar-refractivity contribution in [3.8, 4) is 55.8 Å². The first kappa shape index (κ1) is 24.5. The molecular weight excluding hydrogens is 482 g/mol. The average molecular weight is 517 g/mol. The minimum Gasteiger partial charge on any atom is -0.200 e. The molecule has 0 spiro atoms. The standard InChI is InChI=1S/C39H34N/c1-24(2)27-18-19-29-28(23-27)20-21-40(5)39(29)37-26(4)25(3)22-36-34-16-9-8-14-32(34)30-12-6-7-13-31(30)33-15-10-11-17-35(33)38(36)37/h6-24H,1-5H3/q+1. The van der Waals surface area contributed by atoms with E-state index in [1.807, 2.05) is 0 Å². The number of aryl methyl sites for hydroxylation is 2. The van der Waals surface area contributed by atoms with E-state index >= 15 is 0 Å². The second-order valence-electron chi connectivity index (χ2n) is 11.5. The summed E-state index contributed by atoms with van der Waals surface area (Å²) in [5.41, 5.74) is 16.9. The van der Waals surface area contributed by atoms with Gasteiger partial charge in [-0.05, 0) is 86.9 Å². The van der Waals surface area contributed by atoms with E-state index in [-0.39, 0.29) is 0 Å². The SMILES string of the molecule is Cc1cc2c(c(-c3c4ccc(C(C)C)cc4cc[n+]3C)c1C)-c1ccccc1-c1ccccc1-c1ccccc1-2. The summed E-state index contributed by atoms with van der Waals surface area (Å²) in [7, 11) is 2.19. The number of pyridine rings is 1. The van der Waals surface area contributed by atoms with Crippen LogP contribution in [0.5, 0.6) is 0 Å². The molecule has 0 unspecified atom stereocenters. The van der Waals surface area contributed by atoms with Gasteiger partial charge in [-0.3, -0.25) is 0 Å². The summed E-state index contributed by atoms with van der Waals surface area (Å²) in [6.45, 7) is 9.10. The third kappa shape index (κ3) is 3.65. The summed E-state index contributed by atoms with van der Waals surface area (Å²) in [5, 5.41) is 2.58. The predicted molar refractivity (Wildman–Crippen MR) is 169 cm³/mol. The second kappa shape index (κ2) is 9.31. The lowest BCUT2D eigenvalue weighted by Gasteiger charge is -2.26. The first-order valence-electron chi connectivity index (χ1n) is 14.3. The van der Waals surface area contributed by atoms with Crippen LogP contribution in [0.3, 0.4) is 0 Å². The Morgan fingerprint density at radius 3 is 1.65 bits per heavy atom. The first-order valence-corrected chi connectivity index (χ1v) is 14.3. The Bertz CT molecular complexity index is 1960. The second-order valence-corrected chi connectivity index (χ2v) is 11.5. The van der Waals surface area contributed by atoms with Crippen LogP contribution in [0.2, 0.25) is 0 Å². The van der Waals surface area contributed by atoms with Gasteiger partial charge in [-0.2, -0.15) is 0 Å². The molecule has 0 N–H and O–H groups in total. The van der Waals surface area contributed by atoms with Crippen molar-refractivity contribution in [3.63, 3.8) is 0 Å². The Hall–Kier alpha value is -4.49. The molecular formula is C39H34N+. The summed E-state index contributed by atoms with van der Waals surface area (Å²) >= 11 is 0. The van der Waals surface area contributed by atoms with Crippen LogP contribution in [0, 0.1) is 13.8 Å². The van der Waals surface area contributed by atoms with Crippen LogP contribution in [0.1, 0.15) is 36.5 Å². The van der Waals surface area contributed by atoms with Crippen molar-refractivity contribution in [1.82, 2.24) is 0 Å². The molecule has 0 amide bonds. The summed E-state index contributed by atoms with van der Waals surface area (Å²) in [4.78, 5) is 0. The Balaban J connectivity index is 1.69. The highest BCUT2D eigenvalue weighted by Crippen LogP contribution is 2.52. The molecule has 0 atom stereocenters. The van der Waals surface area contributed by atoms with Gasteiger partial charge in [-0.15, -0.1) is 0 Å². The van der Waals surface area contributed by atoms with Crippen LogP contribution in [0.4, 0.5) is 0 Å². The molecule has 194 valence electrons. The molecule has 1 aliphatic carbocycles. The fourth-order valence-corrected chi connectivity index (χ4v) is 6.61. The maximum Gasteiger partial charge on any atom is 0.221 e. The van der Waals surface area contributed by atoms with Crippen molar-refractivity contribution < 1.29 is 4.57 Å². The summed E-state index contributed by atoms with van der Waals surface area (Å²) in [6, 6.07) is 38.5. The number of aromatic nitrogens is 1. The molecule has 0 saturated heterocycles. The van der Waals surface area contributed by atoms with Crippen LogP contribution in [0.25, 0.3) is 66.5 Å². The van der Waals surface area contributed by atoms with E-state index < -0.39 is 0 Å². The fraction of sp³-hybridized carbons (Fsp3) is 0.154. The highest BCUT2D eigenvalue weighted by atomic mass is 14.9. The molecule has 0 saturated carbocycles. The average Bonchev–Trinajstić information content (AvgIpc) is 2.98. The van der Waals surface area contributed by atoms with E-state index in [9.17, 15) is 0 Å². The van der Waals surface area contributed by atoms with Gasteiger partial charge in [0.2, 0.25) is 5.69 Å². The zero-order valence-electron chi connectivity index (χ0n) is 23.9. The smallest absolute Gasteiger partial charge is 0.200 e. The fourth-order valence-electron chi connectivity index (χ4n) is 6.61. The number of rotatable bonds is 2. The monoisotopic (exact) mass is 516 g/mol. The van der Waals surface area contributed by atoms with Gasteiger partial charge in [-0.25, -0.2) is 4.57 Å². The van der Waals surface area contributed by atoms with E-state index in [0.29, 0.717) is 5.92 Å². The highest BCUT2D eigenvalue weighted by Gasteiger charge is 2.29. The van der Waals surface area contributed by atoms with E-state index in [1.54, 1.807) is 0 Å². The van der Waals surface area contributed by atoms with Gasteiger partial charge in [0, 0.05) is 11.6 Å². The number of hydrogen-bond donors (Lipinski definition) is 0. The molecule has 5 aromatic carbocycles. The first-order chi connectivity index (χ1) is 19.4. The molecule has 1 heteroatoms. The van der Waals surface area contributed by atoms with E-state index in [4.69, 9.17) is 0 Å². The highest BCUT2D eigenvalue weighted by molar-refractivity contribution is 6.09. The topological polar surface area (TPSA) is 3.88 Å². The van der Waals surface area contributed by atoms with Gasteiger partial charge < -0.3 is 0 Å². The minimum absolute atomic E-state index is 0.492. The van der Waals surface area contributed by atoms with Crippen molar-refractivity contribution in [2.75, 3.05) is 0 Å². The van der Waals surface area contributed by atoms with Crippen molar-refractivity contribution in [3.05, 3.63) is 126 Å². The van der Waals surface area contributed by atoms with Crippen molar-refractivity contribution in [2.24, 2.45) is 7.05 Å². The molecule has 1 heterocycles. The van der Waals surface area contributed by atoms with Gasteiger partial charge in [0.15, 0.2) is 6.20 Å². The van der Waals surface area contributed by atoms with Crippen LogP contribution >= 0.6 is 0 Å². The van der Waals surface area contributed by atoms with Gasteiger partial charge in [-0.1, -0.05) is 105 Å². The summed E-state index contributed by atoms with van der Waals surface area (Å²) in [5.74, 6) is 0.492. The van der Waals surface area contributed by atoms with Crippen LogP contribution in [-0.4, -0.2) is 0 Å². The maximum atomic E-state index is 2.42. The predicted octanol–water partition coefficient (Wildman–Crippen LogP) is 10.1. The molecule has 40 heavy (non-hydrogen) atoms. The normalized spacial score (nSPS) is 11.8. The van der Waals surface area contributed by atoms with Crippen molar-refractivity contribution in [1.29, 1.82) is 0 Å². The van der Waals surface area contributed by atoms with Gasteiger partial charge in [0.25, 0.3) is 0 Å². The Labute approximate surface area is 237 Å². The molecule has 0 aliphatic heterocycles. The summed E-state index contributed by atoms with van der Waals surface area (Å²) in [6.07, 6.45) is 2.23. The maximum absolute atomic E-state index is 2.42. The molecule has 0 fully saturated rings. The van der Waals surface area contributed by atoms with Gasteiger partial charge in [0.1, 0.15) is 7.05 Å². The zero-order chi connectivity index (χ0) is 27.5. The molecule has 1 aliphatic rings. The third-order valence-electron chi connectivity index (χ3n) is 8.83. The van der Waals surface area contributed by atoms with Crippen LogP contribution < -0.4 is 4.57 Å². The summed E-state index contributed by atoms with van der Waals surface area (Å²) < 4.78 is 2.32. The number of hydrogen-bond acceptors (Lipinski definition) is 0. The Morgan fingerprint density at radius 2 is 1.07 bits per heavy atom. The Morgan fingerprint density at radius 1 is 0.550 bits per heavy atom. The van der Waals surface area contributed by atoms with Crippen LogP contribution in [-0.2, 0) is 7.05 Å². The zero-order valence-corrected chi connectivity index (χ0v) is 23.9. The number of nitrogens with zero attached hydrogens (tertiary/aromatic N) is 1. The molecule has 0 bridgehead atoms. The minimum atomic E-state index is 0.492. The lowest BCUT2D eigenvalue weighted by atomic mass is 9.76. The van der Waals surface area contributed by atoms with Crippen molar-refractivity contribution >= 4 is 10.8 Å². The lowest BCUT2D eigenvalue weighted by molar-refractivity contribution is -0.659. The molecule has 1 aromatic heterocycles.